The summed E-state index contributed by atoms with van der Waals surface area (Å²) in [4.78, 5) is 25.9. The van der Waals surface area contributed by atoms with Gasteiger partial charge in [-0.05, 0) is 12.8 Å². The third-order valence-corrected chi connectivity index (χ3v) is 2.45. The number of ether oxygens (including phenoxy) is 1. The van der Waals surface area contributed by atoms with Crippen LogP contribution in [0.3, 0.4) is 0 Å². The van der Waals surface area contributed by atoms with Gasteiger partial charge in [0.15, 0.2) is 0 Å². The van der Waals surface area contributed by atoms with Crippen molar-refractivity contribution in [2.24, 2.45) is 0 Å². The first kappa shape index (κ1) is 14.0. The summed E-state index contributed by atoms with van der Waals surface area (Å²) in [7, 11) is 0. The monoisotopic (exact) mass is 254 g/mol. The first-order valence-electron chi connectivity index (χ1n) is 5.18. The highest BCUT2D eigenvalue weighted by Crippen LogP contribution is 2.26. The minimum Gasteiger partial charge on any atom is -0.394 e. The summed E-state index contributed by atoms with van der Waals surface area (Å²) in [6, 6.07) is 1.27. The van der Waals surface area contributed by atoms with Crippen molar-refractivity contribution in [3.05, 3.63) is 49.1 Å². The molecule has 9 heteroatoms. The third-order valence-electron chi connectivity index (χ3n) is 2.45. The van der Waals surface area contributed by atoms with Gasteiger partial charge in [0.1, 0.15) is 6.23 Å². The van der Waals surface area contributed by atoms with E-state index in [-0.39, 0.29) is 18.9 Å². The van der Waals surface area contributed by atoms with E-state index in [0.717, 1.165) is 0 Å². The molecule has 0 radical (unpaired) electrons. The molecular formula is C9H12N5O4-. The SMILES string of the molecule is O=c1ccn([C@H]2CC[C@@H](CO)O2)c(=O)[nH]1.[N-]=[N+]=[N-]. The van der Waals surface area contributed by atoms with Crippen LogP contribution >= 0.6 is 0 Å². The van der Waals surface area contributed by atoms with Crippen molar-refractivity contribution in [3.8, 4) is 0 Å². The summed E-state index contributed by atoms with van der Waals surface area (Å²) in [6.07, 6.45) is 2.19. The number of rotatable bonds is 2. The van der Waals surface area contributed by atoms with Crippen molar-refractivity contribution in [1.29, 1.82) is 0 Å². The molecule has 2 atom stereocenters. The Balaban J connectivity index is 0.000000492. The molecular weight excluding hydrogens is 242 g/mol. The van der Waals surface area contributed by atoms with Gasteiger partial charge < -0.3 is 20.9 Å². The van der Waals surface area contributed by atoms with Crippen molar-refractivity contribution < 1.29 is 9.84 Å². The summed E-state index contributed by atoms with van der Waals surface area (Å²) in [6.45, 7) is -0.0470. The van der Waals surface area contributed by atoms with E-state index in [2.05, 4.69) is 4.98 Å². The van der Waals surface area contributed by atoms with Gasteiger partial charge in [-0.2, -0.15) is 0 Å². The zero-order chi connectivity index (χ0) is 13.5. The molecule has 9 nitrogen and oxygen atoms in total. The van der Waals surface area contributed by atoms with Crippen LogP contribution in [0.2, 0.25) is 0 Å². The van der Waals surface area contributed by atoms with Crippen molar-refractivity contribution >= 4 is 0 Å². The molecule has 2 N–H and O–H groups in total. The lowest BCUT2D eigenvalue weighted by Gasteiger charge is -2.13. The topological polar surface area (TPSA) is 143 Å². The maximum Gasteiger partial charge on any atom is 0.330 e. The van der Waals surface area contributed by atoms with Gasteiger partial charge in [0.2, 0.25) is 0 Å². The van der Waals surface area contributed by atoms with Gasteiger partial charge in [-0.25, -0.2) is 4.79 Å². The fourth-order valence-corrected chi connectivity index (χ4v) is 1.68. The van der Waals surface area contributed by atoms with Crippen LogP contribution in [0.4, 0.5) is 0 Å². The van der Waals surface area contributed by atoms with E-state index in [9.17, 15) is 9.59 Å². The van der Waals surface area contributed by atoms with E-state index in [1.165, 1.54) is 21.7 Å². The Morgan fingerprint density at radius 1 is 1.50 bits per heavy atom. The van der Waals surface area contributed by atoms with Crippen LogP contribution < -0.4 is 11.2 Å². The van der Waals surface area contributed by atoms with Crippen molar-refractivity contribution in [3.63, 3.8) is 0 Å². The summed E-state index contributed by atoms with van der Waals surface area (Å²) >= 11 is 0. The lowest BCUT2D eigenvalue weighted by atomic mass is 10.2. The Morgan fingerprint density at radius 2 is 2.17 bits per heavy atom. The second-order valence-electron chi connectivity index (χ2n) is 3.58. The largest absolute Gasteiger partial charge is 0.394 e. The summed E-state index contributed by atoms with van der Waals surface area (Å²) in [5.74, 6) is 0. The Labute approximate surface area is 101 Å². The minimum absolute atomic E-state index is 0.0470. The average Bonchev–Trinajstić information content (AvgIpc) is 2.78. The molecule has 0 saturated carbocycles. The maximum atomic E-state index is 11.4. The molecule has 2 heterocycles. The quantitative estimate of drug-likeness (QED) is 0.437. The van der Waals surface area contributed by atoms with Crippen LogP contribution in [0.25, 0.3) is 16.0 Å². The highest BCUT2D eigenvalue weighted by atomic mass is 16.5. The molecule has 18 heavy (non-hydrogen) atoms. The van der Waals surface area contributed by atoms with E-state index < -0.39 is 11.2 Å². The zero-order valence-corrected chi connectivity index (χ0v) is 9.39. The van der Waals surface area contributed by atoms with Crippen LogP contribution in [0.5, 0.6) is 0 Å². The van der Waals surface area contributed by atoms with Crippen LogP contribution in [-0.4, -0.2) is 27.4 Å². The molecule has 0 unspecified atom stereocenters. The Morgan fingerprint density at radius 3 is 2.67 bits per heavy atom. The average molecular weight is 254 g/mol. The van der Waals surface area contributed by atoms with E-state index >= 15 is 0 Å². The van der Waals surface area contributed by atoms with Gasteiger partial charge in [-0.15, -0.1) is 0 Å². The van der Waals surface area contributed by atoms with Gasteiger partial charge in [0.25, 0.3) is 5.56 Å². The van der Waals surface area contributed by atoms with E-state index in [0.29, 0.717) is 12.8 Å². The normalized spacial score (nSPS) is 21.8. The third kappa shape index (κ3) is 3.45. The molecule has 2 rings (SSSR count). The second-order valence-corrected chi connectivity index (χ2v) is 3.58. The standard InChI is InChI=1S/C9H12N2O4.N3/c12-5-6-1-2-8(15-6)11-4-3-7(13)10-9(11)14;1-3-2/h3-4,6,8,12H,1-2,5H2,(H,10,13,14);/q;-1/t6-,8+;/m0./s1. The van der Waals surface area contributed by atoms with E-state index in [1.54, 1.807) is 0 Å². The summed E-state index contributed by atoms with van der Waals surface area (Å²) in [5, 5.41) is 8.87. The lowest BCUT2D eigenvalue weighted by Crippen LogP contribution is -2.31. The molecule has 1 aromatic heterocycles. The number of aromatic amines is 1. The molecule has 1 fully saturated rings. The molecule has 0 bridgehead atoms. The Hall–Kier alpha value is -2.09. The molecule has 0 amide bonds. The molecule has 1 aliphatic heterocycles. The Bertz CT molecular complexity index is 530. The number of aromatic nitrogens is 2. The Kier molecular flexibility index (Phi) is 5.12. The molecule has 0 aliphatic carbocycles. The van der Waals surface area contributed by atoms with Crippen LogP contribution in [-0.2, 0) is 4.74 Å². The second kappa shape index (κ2) is 6.60. The number of hydrogen-bond donors (Lipinski definition) is 2. The number of nitrogens with zero attached hydrogens (tertiary/aromatic N) is 4. The molecule has 0 aromatic carbocycles. The van der Waals surface area contributed by atoms with Crippen molar-refractivity contribution in [1.82, 2.24) is 9.55 Å². The van der Waals surface area contributed by atoms with E-state index in [1.807, 2.05) is 0 Å². The highest BCUT2D eigenvalue weighted by molar-refractivity contribution is 4.85. The van der Waals surface area contributed by atoms with Crippen LogP contribution in [0.15, 0.2) is 21.9 Å². The summed E-state index contributed by atoms with van der Waals surface area (Å²) in [5.41, 5.74) is 12.6. The number of hydrogen-bond acceptors (Lipinski definition) is 4. The van der Waals surface area contributed by atoms with Crippen molar-refractivity contribution in [2.75, 3.05) is 6.61 Å². The molecule has 1 aliphatic rings. The fourth-order valence-electron chi connectivity index (χ4n) is 1.68. The number of H-pyrrole nitrogens is 1. The molecule has 1 aromatic rings. The van der Waals surface area contributed by atoms with E-state index in [4.69, 9.17) is 20.9 Å². The smallest absolute Gasteiger partial charge is 0.330 e. The van der Waals surface area contributed by atoms with Gasteiger partial charge in [0, 0.05) is 12.3 Å². The highest BCUT2D eigenvalue weighted by Gasteiger charge is 2.26. The van der Waals surface area contributed by atoms with Gasteiger partial charge in [0.05, 0.1) is 12.7 Å². The molecule has 98 valence electrons. The fraction of sp³-hybridized carbons (Fsp3) is 0.556. The number of aliphatic hydroxyl groups is 1. The maximum absolute atomic E-state index is 11.4. The first-order chi connectivity index (χ1) is 8.62. The lowest BCUT2D eigenvalue weighted by molar-refractivity contribution is -0.0246. The zero-order valence-electron chi connectivity index (χ0n) is 9.39. The predicted molar refractivity (Wildman–Crippen MR) is 61.6 cm³/mol. The van der Waals surface area contributed by atoms with Gasteiger partial charge in [-0.1, -0.05) is 0 Å². The molecule has 1 saturated heterocycles. The van der Waals surface area contributed by atoms with Crippen LogP contribution in [0, 0.1) is 0 Å². The predicted octanol–water partition coefficient (Wildman–Crippen LogP) is 0.0726. The first-order valence-corrected chi connectivity index (χ1v) is 5.18. The van der Waals surface area contributed by atoms with Crippen LogP contribution in [0.1, 0.15) is 19.1 Å². The van der Waals surface area contributed by atoms with Gasteiger partial charge >= 0.3 is 5.69 Å². The van der Waals surface area contributed by atoms with Gasteiger partial charge in [-0.3, -0.25) is 19.3 Å². The molecule has 0 spiro atoms. The number of aliphatic hydroxyl groups excluding tert-OH is 1. The number of nitrogens with one attached hydrogen (secondary N) is 1. The summed E-state index contributed by atoms with van der Waals surface area (Å²) < 4.78 is 6.74. The van der Waals surface area contributed by atoms with Crippen molar-refractivity contribution in [2.45, 2.75) is 25.2 Å². The minimum atomic E-state index is -0.480.